The quantitative estimate of drug-likeness (QED) is 0.791. The maximum absolute atomic E-state index is 12.3. The summed E-state index contributed by atoms with van der Waals surface area (Å²) in [6, 6.07) is 17.1. The van der Waals surface area contributed by atoms with Crippen LogP contribution in [0.4, 0.5) is 0 Å². The van der Waals surface area contributed by atoms with E-state index in [1.165, 1.54) is 6.08 Å². The first kappa shape index (κ1) is 13.0. The number of carbonyl (C=O) groups excluding carboxylic acids is 3. The van der Waals surface area contributed by atoms with Crippen molar-refractivity contribution in [2.45, 2.75) is 0 Å². The predicted octanol–water partition coefficient (Wildman–Crippen LogP) is 2.28. The van der Waals surface area contributed by atoms with Crippen molar-refractivity contribution < 1.29 is 14.4 Å². The number of amides is 3. The summed E-state index contributed by atoms with van der Waals surface area (Å²) >= 11 is 0. The van der Waals surface area contributed by atoms with Crippen LogP contribution in [0.15, 0.2) is 66.7 Å². The predicted molar refractivity (Wildman–Crippen MR) is 77.0 cm³/mol. The zero-order valence-electron chi connectivity index (χ0n) is 11.0. The first-order valence-corrected chi connectivity index (χ1v) is 6.43. The number of benzene rings is 2. The summed E-state index contributed by atoms with van der Waals surface area (Å²) in [4.78, 5) is 37.3. The lowest BCUT2D eigenvalue weighted by atomic mass is 10.1. The molecule has 102 valence electrons. The van der Waals surface area contributed by atoms with Gasteiger partial charge in [-0.3, -0.25) is 14.4 Å². The van der Waals surface area contributed by atoms with Crippen LogP contribution in [-0.2, 0) is 9.59 Å². The lowest BCUT2D eigenvalue weighted by molar-refractivity contribution is -0.133. The van der Waals surface area contributed by atoms with Crippen LogP contribution in [0.25, 0.3) is 5.57 Å². The molecular formula is C17H11NO3. The normalized spacial score (nSPS) is 14.3. The molecule has 0 unspecified atom stereocenters. The molecule has 1 aliphatic rings. The van der Waals surface area contributed by atoms with Crippen molar-refractivity contribution in [1.82, 2.24) is 4.90 Å². The van der Waals surface area contributed by atoms with Gasteiger partial charge in [0, 0.05) is 11.6 Å². The molecule has 4 nitrogen and oxygen atoms in total. The first-order chi connectivity index (χ1) is 10.2. The molecule has 3 rings (SSSR count). The Kier molecular flexibility index (Phi) is 3.20. The highest BCUT2D eigenvalue weighted by molar-refractivity contribution is 6.39. The number of hydrogen-bond acceptors (Lipinski definition) is 3. The fourth-order valence-electron chi connectivity index (χ4n) is 2.20. The van der Waals surface area contributed by atoms with Gasteiger partial charge in [-0.05, 0) is 17.7 Å². The van der Waals surface area contributed by atoms with Crippen LogP contribution in [0.3, 0.4) is 0 Å². The largest absolute Gasteiger partial charge is 0.269 e. The summed E-state index contributed by atoms with van der Waals surface area (Å²) in [5.41, 5.74) is 1.17. The first-order valence-electron chi connectivity index (χ1n) is 6.43. The Morgan fingerprint density at radius 1 is 0.810 bits per heavy atom. The Hall–Kier alpha value is -3.01. The Balaban J connectivity index is 1.93. The van der Waals surface area contributed by atoms with Crippen LogP contribution in [0.2, 0.25) is 0 Å². The number of carbonyl (C=O) groups is 3. The zero-order chi connectivity index (χ0) is 14.8. The van der Waals surface area contributed by atoms with Gasteiger partial charge in [-0.15, -0.1) is 0 Å². The molecule has 3 amide bonds. The van der Waals surface area contributed by atoms with Gasteiger partial charge < -0.3 is 0 Å². The molecule has 0 radical (unpaired) electrons. The standard InChI is InChI=1S/C17H11NO3/c19-15-11-14(12-7-3-1-4-8-12)17(21)18(15)16(20)13-9-5-2-6-10-13/h1-11H. The van der Waals surface area contributed by atoms with E-state index in [0.29, 0.717) is 16.0 Å². The molecule has 1 heterocycles. The van der Waals surface area contributed by atoms with E-state index in [0.717, 1.165) is 0 Å². The minimum absolute atomic E-state index is 0.241. The fraction of sp³-hybridized carbons (Fsp3) is 0. The molecule has 0 saturated carbocycles. The van der Waals surface area contributed by atoms with Crippen LogP contribution in [0.1, 0.15) is 15.9 Å². The molecular weight excluding hydrogens is 266 g/mol. The molecule has 0 saturated heterocycles. The van der Waals surface area contributed by atoms with Gasteiger partial charge in [0.15, 0.2) is 0 Å². The molecule has 0 fully saturated rings. The molecule has 2 aromatic carbocycles. The van der Waals surface area contributed by atoms with Crippen molar-refractivity contribution >= 4 is 23.3 Å². The number of hydrogen-bond donors (Lipinski definition) is 0. The Labute approximate surface area is 121 Å². The maximum atomic E-state index is 12.3. The van der Waals surface area contributed by atoms with E-state index in [1.54, 1.807) is 54.6 Å². The van der Waals surface area contributed by atoms with Gasteiger partial charge in [0.25, 0.3) is 17.7 Å². The second kappa shape index (κ2) is 5.17. The van der Waals surface area contributed by atoms with Gasteiger partial charge in [0.1, 0.15) is 0 Å². The van der Waals surface area contributed by atoms with Gasteiger partial charge in [-0.2, -0.15) is 0 Å². The summed E-state index contributed by atoms with van der Waals surface area (Å²) < 4.78 is 0. The van der Waals surface area contributed by atoms with E-state index in [4.69, 9.17) is 0 Å². The molecule has 1 aliphatic heterocycles. The van der Waals surface area contributed by atoms with Crippen molar-refractivity contribution in [3.8, 4) is 0 Å². The Bertz CT molecular complexity index is 748. The summed E-state index contributed by atoms with van der Waals surface area (Å²) in [5.74, 6) is -1.79. The van der Waals surface area contributed by atoms with Crippen molar-refractivity contribution in [2.24, 2.45) is 0 Å². The van der Waals surface area contributed by atoms with Crippen molar-refractivity contribution in [3.63, 3.8) is 0 Å². The molecule has 0 spiro atoms. The lowest BCUT2D eigenvalue weighted by Gasteiger charge is -2.12. The van der Waals surface area contributed by atoms with Crippen LogP contribution < -0.4 is 0 Å². The second-order valence-corrected chi connectivity index (χ2v) is 4.57. The van der Waals surface area contributed by atoms with Gasteiger partial charge in [-0.1, -0.05) is 48.5 Å². The van der Waals surface area contributed by atoms with Gasteiger partial charge >= 0.3 is 0 Å². The van der Waals surface area contributed by atoms with E-state index in [9.17, 15) is 14.4 Å². The maximum Gasteiger partial charge on any atom is 0.268 e. The smallest absolute Gasteiger partial charge is 0.268 e. The van der Waals surface area contributed by atoms with E-state index < -0.39 is 17.7 Å². The second-order valence-electron chi connectivity index (χ2n) is 4.57. The summed E-state index contributed by atoms with van der Waals surface area (Å²) in [6.07, 6.45) is 1.21. The van der Waals surface area contributed by atoms with Gasteiger partial charge in [0.2, 0.25) is 0 Å². The number of imide groups is 3. The highest BCUT2D eigenvalue weighted by Gasteiger charge is 2.36. The van der Waals surface area contributed by atoms with Crippen molar-refractivity contribution in [1.29, 1.82) is 0 Å². The monoisotopic (exact) mass is 277 g/mol. The van der Waals surface area contributed by atoms with E-state index in [2.05, 4.69) is 0 Å². The van der Waals surface area contributed by atoms with Crippen molar-refractivity contribution in [3.05, 3.63) is 77.9 Å². The highest BCUT2D eigenvalue weighted by Crippen LogP contribution is 2.24. The molecule has 0 bridgehead atoms. The summed E-state index contributed by atoms with van der Waals surface area (Å²) in [7, 11) is 0. The minimum Gasteiger partial charge on any atom is -0.269 e. The Morgan fingerprint density at radius 3 is 2.00 bits per heavy atom. The molecule has 0 atom stereocenters. The fourth-order valence-corrected chi connectivity index (χ4v) is 2.20. The van der Waals surface area contributed by atoms with Crippen molar-refractivity contribution in [2.75, 3.05) is 0 Å². The molecule has 2 aromatic rings. The molecule has 0 aliphatic carbocycles. The third-order valence-electron chi connectivity index (χ3n) is 3.23. The lowest BCUT2D eigenvalue weighted by Crippen LogP contribution is -2.36. The average molecular weight is 277 g/mol. The van der Waals surface area contributed by atoms with Crippen LogP contribution >= 0.6 is 0 Å². The van der Waals surface area contributed by atoms with Gasteiger partial charge in [0.05, 0.1) is 5.57 Å². The molecule has 21 heavy (non-hydrogen) atoms. The van der Waals surface area contributed by atoms with E-state index in [-0.39, 0.29) is 5.57 Å². The average Bonchev–Trinajstić information content (AvgIpc) is 2.83. The van der Waals surface area contributed by atoms with E-state index in [1.807, 2.05) is 6.07 Å². The number of nitrogens with zero attached hydrogens (tertiary/aromatic N) is 1. The minimum atomic E-state index is -0.604. The zero-order valence-corrected chi connectivity index (χ0v) is 11.0. The molecule has 0 N–H and O–H groups in total. The SMILES string of the molecule is O=C1C=C(c2ccccc2)C(=O)N1C(=O)c1ccccc1. The summed E-state index contributed by atoms with van der Waals surface area (Å²) in [5, 5.41) is 0. The molecule has 4 heteroatoms. The van der Waals surface area contributed by atoms with E-state index >= 15 is 0 Å². The Morgan fingerprint density at radius 2 is 1.38 bits per heavy atom. The van der Waals surface area contributed by atoms with Crippen LogP contribution in [0, 0.1) is 0 Å². The van der Waals surface area contributed by atoms with Crippen LogP contribution in [0.5, 0.6) is 0 Å². The number of rotatable bonds is 2. The van der Waals surface area contributed by atoms with Crippen LogP contribution in [-0.4, -0.2) is 22.6 Å². The third-order valence-corrected chi connectivity index (χ3v) is 3.23. The van der Waals surface area contributed by atoms with Gasteiger partial charge in [-0.25, -0.2) is 4.90 Å². The third kappa shape index (κ3) is 2.27. The summed E-state index contributed by atoms with van der Waals surface area (Å²) in [6.45, 7) is 0. The highest BCUT2D eigenvalue weighted by atomic mass is 16.2. The topological polar surface area (TPSA) is 54.5 Å². The molecule has 0 aromatic heterocycles.